The Morgan fingerprint density at radius 2 is 2.11 bits per heavy atom. The molecule has 1 aromatic heterocycles. The standard InChI is InChI=1S/C12H20N4O2S/c1-3-10-13-12(19-14-10)16-8-6-15(7-9-16)5-4-11(17)18-2/h3-9H2,1-2H3. The summed E-state index contributed by atoms with van der Waals surface area (Å²) < 4.78 is 8.97. The summed E-state index contributed by atoms with van der Waals surface area (Å²) in [5.74, 6) is 0.785. The molecule has 0 N–H and O–H groups in total. The number of hydrogen-bond acceptors (Lipinski definition) is 7. The molecule has 0 bridgehead atoms. The summed E-state index contributed by atoms with van der Waals surface area (Å²) in [6.07, 6.45) is 1.35. The number of piperazine rings is 1. The number of ether oxygens (including phenoxy) is 1. The summed E-state index contributed by atoms with van der Waals surface area (Å²) >= 11 is 1.48. The molecular weight excluding hydrogens is 264 g/mol. The monoisotopic (exact) mass is 284 g/mol. The number of methoxy groups -OCH3 is 1. The summed E-state index contributed by atoms with van der Waals surface area (Å²) in [4.78, 5) is 20.2. The number of anilines is 1. The van der Waals surface area contributed by atoms with Crippen LogP contribution in [0.25, 0.3) is 0 Å². The van der Waals surface area contributed by atoms with Gasteiger partial charge in [-0.15, -0.1) is 0 Å². The fourth-order valence-corrected chi connectivity index (χ4v) is 2.83. The molecule has 0 spiro atoms. The van der Waals surface area contributed by atoms with Gasteiger partial charge in [0.15, 0.2) is 0 Å². The van der Waals surface area contributed by atoms with E-state index in [1.807, 2.05) is 0 Å². The topological polar surface area (TPSA) is 58.6 Å². The molecule has 6 nitrogen and oxygen atoms in total. The van der Waals surface area contributed by atoms with Crippen molar-refractivity contribution < 1.29 is 9.53 Å². The summed E-state index contributed by atoms with van der Waals surface area (Å²) in [6.45, 7) is 6.64. The zero-order valence-corrected chi connectivity index (χ0v) is 12.3. The van der Waals surface area contributed by atoms with Gasteiger partial charge < -0.3 is 9.64 Å². The molecule has 1 aliphatic heterocycles. The van der Waals surface area contributed by atoms with Gasteiger partial charge in [-0.1, -0.05) is 6.92 Å². The lowest BCUT2D eigenvalue weighted by Gasteiger charge is -2.34. The van der Waals surface area contributed by atoms with Crippen LogP contribution in [0.15, 0.2) is 0 Å². The fraction of sp³-hybridized carbons (Fsp3) is 0.750. The first-order chi connectivity index (χ1) is 9.22. The molecule has 106 valence electrons. The minimum atomic E-state index is -0.140. The van der Waals surface area contributed by atoms with Crippen LogP contribution in [0, 0.1) is 0 Å². The van der Waals surface area contributed by atoms with E-state index in [1.54, 1.807) is 0 Å². The van der Waals surface area contributed by atoms with Crippen molar-refractivity contribution in [3.8, 4) is 0 Å². The first kappa shape index (κ1) is 14.2. The molecular formula is C12H20N4O2S. The summed E-state index contributed by atoms with van der Waals surface area (Å²) in [5.41, 5.74) is 0. The van der Waals surface area contributed by atoms with Gasteiger partial charge in [-0.25, -0.2) is 4.98 Å². The van der Waals surface area contributed by atoms with E-state index >= 15 is 0 Å². The summed E-state index contributed by atoms with van der Waals surface area (Å²) in [7, 11) is 1.43. The van der Waals surface area contributed by atoms with Crippen molar-refractivity contribution in [2.45, 2.75) is 19.8 Å². The number of hydrogen-bond donors (Lipinski definition) is 0. The van der Waals surface area contributed by atoms with Gasteiger partial charge in [0, 0.05) is 50.7 Å². The quantitative estimate of drug-likeness (QED) is 0.745. The van der Waals surface area contributed by atoms with E-state index in [-0.39, 0.29) is 5.97 Å². The van der Waals surface area contributed by atoms with Crippen LogP contribution in [-0.4, -0.2) is 60.1 Å². The van der Waals surface area contributed by atoms with E-state index < -0.39 is 0 Å². The Labute approximate surface area is 117 Å². The number of carbonyl (C=O) groups is 1. The third kappa shape index (κ3) is 3.87. The van der Waals surface area contributed by atoms with Gasteiger partial charge in [0.05, 0.1) is 13.5 Å². The predicted octanol–water partition coefficient (Wildman–Crippen LogP) is 0.786. The van der Waals surface area contributed by atoms with Crippen LogP contribution in [0.4, 0.5) is 5.13 Å². The maximum absolute atomic E-state index is 11.1. The van der Waals surface area contributed by atoms with E-state index in [0.717, 1.165) is 50.1 Å². The predicted molar refractivity (Wildman–Crippen MR) is 74.6 cm³/mol. The van der Waals surface area contributed by atoms with E-state index in [0.29, 0.717) is 6.42 Å². The normalized spacial score (nSPS) is 16.6. The fourth-order valence-electron chi connectivity index (χ4n) is 2.03. The summed E-state index contributed by atoms with van der Waals surface area (Å²) in [6, 6.07) is 0. The molecule has 0 amide bonds. The van der Waals surface area contributed by atoms with Gasteiger partial charge in [-0.3, -0.25) is 9.69 Å². The first-order valence-electron chi connectivity index (χ1n) is 6.59. The molecule has 1 aliphatic rings. The molecule has 1 saturated heterocycles. The van der Waals surface area contributed by atoms with Gasteiger partial charge in [0.2, 0.25) is 5.13 Å². The number of carbonyl (C=O) groups excluding carboxylic acids is 1. The van der Waals surface area contributed by atoms with Gasteiger partial charge in [0.1, 0.15) is 5.82 Å². The third-order valence-electron chi connectivity index (χ3n) is 3.28. The molecule has 0 radical (unpaired) electrons. The smallest absolute Gasteiger partial charge is 0.306 e. The molecule has 0 aliphatic carbocycles. The first-order valence-corrected chi connectivity index (χ1v) is 7.37. The maximum atomic E-state index is 11.1. The van der Waals surface area contributed by atoms with Crippen molar-refractivity contribution in [3.05, 3.63) is 5.82 Å². The van der Waals surface area contributed by atoms with Crippen molar-refractivity contribution in [2.75, 3.05) is 44.7 Å². The average molecular weight is 284 g/mol. The number of rotatable bonds is 5. The number of aryl methyl sites for hydroxylation is 1. The lowest BCUT2D eigenvalue weighted by molar-refractivity contribution is -0.141. The molecule has 1 fully saturated rings. The second-order valence-electron chi connectivity index (χ2n) is 4.50. The van der Waals surface area contributed by atoms with Crippen LogP contribution in [0.2, 0.25) is 0 Å². The van der Waals surface area contributed by atoms with Crippen molar-refractivity contribution in [3.63, 3.8) is 0 Å². The molecule has 2 rings (SSSR count). The molecule has 1 aromatic rings. The van der Waals surface area contributed by atoms with Crippen molar-refractivity contribution in [1.82, 2.24) is 14.3 Å². The number of esters is 1. The van der Waals surface area contributed by atoms with Gasteiger partial charge in [0.25, 0.3) is 0 Å². The van der Waals surface area contributed by atoms with Crippen LogP contribution in [0.5, 0.6) is 0 Å². The van der Waals surface area contributed by atoms with Gasteiger partial charge in [-0.05, 0) is 0 Å². The lowest BCUT2D eigenvalue weighted by atomic mass is 10.3. The van der Waals surface area contributed by atoms with Gasteiger partial charge in [-0.2, -0.15) is 4.37 Å². The minimum Gasteiger partial charge on any atom is -0.469 e. The molecule has 0 unspecified atom stereocenters. The van der Waals surface area contributed by atoms with Crippen molar-refractivity contribution in [2.24, 2.45) is 0 Å². The maximum Gasteiger partial charge on any atom is 0.306 e. The second kappa shape index (κ2) is 6.81. The molecule has 19 heavy (non-hydrogen) atoms. The van der Waals surface area contributed by atoms with Crippen LogP contribution in [0.3, 0.4) is 0 Å². The molecule has 0 aromatic carbocycles. The van der Waals surface area contributed by atoms with Crippen LogP contribution >= 0.6 is 11.5 Å². The molecule has 0 atom stereocenters. The average Bonchev–Trinajstić information content (AvgIpc) is 2.94. The Bertz CT molecular complexity index is 416. The SMILES string of the molecule is CCc1nsc(N2CCN(CCC(=O)OC)CC2)n1. The largest absolute Gasteiger partial charge is 0.469 e. The molecule has 0 saturated carbocycles. The van der Waals surface area contributed by atoms with E-state index in [4.69, 9.17) is 0 Å². The Balaban J connectivity index is 1.77. The van der Waals surface area contributed by atoms with Crippen molar-refractivity contribution in [1.29, 1.82) is 0 Å². The highest BCUT2D eigenvalue weighted by molar-refractivity contribution is 7.09. The number of nitrogens with zero attached hydrogens (tertiary/aromatic N) is 4. The van der Waals surface area contributed by atoms with E-state index in [1.165, 1.54) is 18.6 Å². The number of aromatic nitrogens is 2. The highest BCUT2D eigenvalue weighted by Crippen LogP contribution is 2.19. The van der Waals surface area contributed by atoms with E-state index in [2.05, 4.69) is 30.8 Å². The summed E-state index contributed by atoms with van der Waals surface area (Å²) in [5, 5.41) is 1.02. The highest BCUT2D eigenvalue weighted by atomic mass is 32.1. The Morgan fingerprint density at radius 1 is 1.37 bits per heavy atom. The van der Waals surface area contributed by atoms with Crippen LogP contribution in [0.1, 0.15) is 19.2 Å². The lowest BCUT2D eigenvalue weighted by Crippen LogP contribution is -2.47. The Morgan fingerprint density at radius 3 is 2.68 bits per heavy atom. The Kier molecular flexibility index (Phi) is 5.09. The zero-order valence-electron chi connectivity index (χ0n) is 11.5. The highest BCUT2D eigenvalue weighted by Gasteiger charge is 2.20. The molecule has 7 heteroatoms. The van der Waals surface area contributed by atoms with E-state index in [9.17, 15) is 4.79 Å². The van der Waals surface area contributed by atoms with Crippen LogP contribution < -0.4 is 4.90 Å². The minimum absolute atomic E-state index is 0.140. The van der Waals surface area contributed by atoms with Crippen molar-refractivity contribution >= 4 is 22.6 Å². The Hall–Kier alpha value is -1.21. The van der Waals surface area contributed by atoms with Crippen LogP contribution in [-0.2, 0) is 16.0 Å². The third-order valence-corrected chi connectivity index (χ3v) is 4.09. The van der Waals surface area contributed by atoms with Gasteiger partial charge >= 0.3 is 5.97 Å². The zero-order chi connectivity index (χ0) is 13.7. The molecule has 2 heterocycles. The second-order valence-corrected chi connectivity index (χ2v) is 5.23.